The van der Waals surface area contributed by atoms with Gasteiger partial charge in [-0.25, -0.2) is 0 Å². The number of hydrogen-bond donors (Lipinski definition) is 0. The molecule has 0 aromatic heterocycles. The molecule has 3 nitrogen and oxygen atoms in total. The monoisotopic (exact) mass is 237 g/mol. The lowest BCUT2D eigenvalue weighted by atomic mass is 10.1. The lowest BCUT2D eigenvalue weighted by Crippen LogP contribution is -1.93. The molecule has 0 aliphatic heterocycles. The zero-order valence-corrected chi connectivity index (χ0v) is 9.88. The molecule has 0 bridgehead atoms. The van der Waals surface area contributed by atoms with Crippen LogP contribution >= 0.6 is 0 Å². The van der Waals surface area contributed by atoms with Crippen molar-refractivity contribution in [1.82, 2.24) is 0 Å². The molecule has 0 spiro atoms. The van der Waals surface area contributed by atoms with E-state index >= 15 is 0 Å². The molecule has 0 atom stereocenters. The Labute approximate surface area is 105 Å². The number of nitrogens with zero attached hydrogens (tertiary/aromatic N) is 1. The maximum absolute atomic E-state index is 11.0. The predicted molar refractivity (Wildman–Crippen MR) is 67.8 cm³/mol. The van der Waals surface area contributed by atoms with Crippen LogP contribution in [0.15, 0.2) is 42.5 Å². The van der Waals surface area contributed by atoms with Crippen molar-refractivity contribution >= 4 is 6.29 Å². The Bertz CT molecular complexity index is 627. The van der Waals surface area contributed by atoms with Crippen molar-refractivity contribution in [2.75, 3.05) is 0 Å². The number of rotatable bonds is 3. The number of para-hydroxylation sites is 1. The van der Waals surface area contributed by atoms with Gasteiger partial charge in [0.1, 0.15) is 17.6 Å². The summed E-state index contributed by atoms with van der Waals surface area (Å²) in [7, 11) is 0. The van der Waals surface area contributed by atoms with Gasteiger partial charge in [-0.3, -0.25) is 4.79 Å². The van der Waals surface area contributed by atoms with Crippen LogP contribution in [0.1, 0.15) is 21.5 Å². The van der Waals surface area contributed by atoms with Crippen molar-refractivity contribution in [2.45, 2.75) is 6.92 Å². The Kier molecular flexibility index (Phi) is 3.40. The fourth-order valence-electron chi connectivity index (χ4n) is 1.62. The van der Waals surface area contributed by atoms with Crippen molar-refractivity contribution in [2.24, 2.45) is 0 Å². The molecule has 2 aromatic carbocycles. The highest BCUT2D eigenvalue weighted by atomic mass is 16.5. The van der Waals surface area contributed by atoms with E-state index in [1.54, 1.807) is 36.4 Å². The highest BCUT2D eigenvalue weighted by Gasteiger charge is 2.07. The number of benzene rings is 2. The van der Waals surface area contributed by atoms with Gasteiger partial charge in [0.05, 0.1) is 11.1 Å². The molecule has 3 heteroatoms. The molecule has 0 aliphatic rings. The van der Waals surface area contributed by atoms with Gasteiger partial charge in [-0.2, -0.15) is 5.26 Å². The number of aldehydes is 1. The second kappa shape index (κ2) is 5.15. The zero-order chi connectivity index (χ0) is 13.0. The van der Waals surface area contributed by atoms with Crippen LogP contribution in [0.4, 0.5) is 0 Å². The van der Waals surface area contributed by atoms with Crippen molar-refractivity contribution in [3.05, 3.63) is 59.2 Å². The topological polar surface area (TPSA) is 50.1 Å². The van der Waals surface area contributed by atoms with E-state index in [1.165, 1.54) is 0 Å². The third-order valence-corrected chi connectivity index (χ3v) is 2.52. The highest BCUT2D eigenvalue weighted by Crippen LogP contribution is 2.27. The van der Waals surface area contributed by atoms with E-state index in [9.17, 15) is 4.79 Å². The lowest BCUT2D eigenvalue weighted by Gasteiger charge is -2.09. The summed E-state index contributed by atoms with van der Waals surface area (Å²) in [6, 6.07) is 14.3. The summed E-state index contributed by atoms with van der Waals surface area (Å²) in [4.78, 5) is 11.0. The quantitative estimate of drug-likeness (QED) is 0.768. The molecular formula is C15H11NO2. The van der Waals surface area contributed by atoms with Crippen molar-refractivity contribution < 1.29 is 9.53 Å². The third kappa shape index (κ3) is 2.38. The van der Waals surface area contributed by atoms with E-state index < -0.39 is 0 Å². The minimum Gasteiger partial charge on any atom is -0.455 e. The Morgan fingerprint density at radius 3 is 2.67 bits per heavy atom. The van der Waals surface area contributed by atoms with Gasteiger partial charge in [0.2, 0.25) is 0 Å². The Balaban J connectivity index is 2.40. The average molecular weight is 237 g/mol. The van der Waals surface area contributed by atoms with E-state index in [0.717, 1.165) is 11.8 Å². The van der Waals surface area contributed by atoms with E-state index in [2.05, 4.69) is 6.07 Å². The number of hydrogen-bond acceptors (Lipinski definition) is 3. The minimum atomic E-state index is 0.440. The molecule has 0 saturated carbocycles. The first-order valence-electron chi connectivity index (χ1n) is 5.47. The molecule has 2 rings (SSSR count). The summed E-state index contributed by atoms with van der Waals surface area (Å²) in [5, 5.41) is 8.97. The molecule has 2 aromatic rings. The molecule has 18 heavy (non-hydrogen) atoms. The van der Waals surface area contributed by atoms with Crippen molar-refractivity contribution in [3.63, 3.8) is 0 Å². The van der Waals surface area contributed by atoms with Gasteiger partial charge < -0.3 is 4.74 Å². The van der Waals surface area contributed by atoms with E-state index in [1.807, 2.05) is 13.0 Å². The number of carbonyl (C=O) groups excluding carboxylic acids is 1. The lowest BCUT2D eigenvalue weighted by molar-refractivity contribution is 0.112. The Hall–Kier alpha value is -2.60. The summed E-state index contributed by atoms with van der Waals surface area (Å²) in [6.45, 7) is 1.90. The van der Waals surface area contributed by atoms with E-state index in [-0.39, 0.29) is 0 Å². The fourth-order valence-corrected chi connectivity index (χ4v) is 1.62. The summed E-state index contributed by atoms with van der Waals surface area (Å²) in [6.07, 6.45) is 0.747. The van der Waals surface area contributed by atoms with Gasteiger partial charge in [-0.1, -0.05) is 23.8 Å². The van der Waals surface area contributed by atoms with Crippen LogP contribution in [0.5, 0.6) is 11.5 Å². The molecule has 0 N–H and O–H groups in total. The highest BCUT2D eigenvalue weighted by molar-refractivity contribution is 5.80. The number of aryl methyl sites for hydroxylation is 1. The SMILES string of the molecule is Cc1ccc(Oc2ccccc2C#N)c(C=O)c1. The van der Waals surface area contributed by atoms with Gasteiger partial charge in [0.15, 0.2) is 6.29 Å². The zero-order valence-electron chi connectivity index (χ0n) is 9.88. The number of ether oxygens (including phenoxy) is 1. The fraction of sp³-hybridized carbons (Fsp3) is 0.0667. The molecule has 0 fully saturated rings. The van der Waals surface area contributed by atoms with Gasteiger partial charge in [0, 0.05) is 0 Å². The second-order valence-electron chi connectivity index (χ2n) is 3.87. The largest absolute Gasteiger partial charge is 0.455 e. The molecule has 88 valence electrons. The molecule has 0 heterocycles. The van der Waals surface area contributed by atoms with Crippen LogP contribution in [0, 0.1) is 18.3 Å². The van der Waals surface area contributed by atoms with Gasteiger partial charge >= 0.3 is 0 Å². The normalized spacial score (nSPS) is 9.56. The van der Waals surface area contributed by atoms with Crippen LogP contribution < -0.4 is 4.74 Å². The van der Waals surface area contributed by atoms with Crippen LogP contribution in [0.25, 0.3) is 0 Å². The Morgan fingerprint density at radius 2 is 1.94 bits per heavy atom. The van der Waals surface area contributed by atoms with E-state index in [4.69, 9.17) is 10.00 Å². The van der Waals surface area contributed by atoms with E-state index in [0.29, 0.717) is 22.6 Å². The van der Waals surface area contributed by atoms with Gasteiger partial charge in [0.25, 0.3) is 0 Å². The first-order chi connectivity index (χ1) is 8.74. The average Bonchev–Trinajstić information content (AvgIpc) is 2.41. The first-order valence-corrected chi connectivity index (χ1v) is 5.47. The molecule has 0 unspecified atom stereocenters. The van der Waals surface area contributed by atoms with Gasteiger partial charge in [-0.05, 0) is 31.2 Å². The summed E-state index contributed by atoms with van der Waals surface area (Å²) >= 11 is 0. The molecular weight excluding hydrogens is 226 g/mol. The Morgan fingerprint density at radius 1 is 1.17 bits per heavy atom. The standard InChI is InChI=1S/C15H11NO2/c1-11-6-7-15(13(8-11)10-17)18-14-5-3-2-4-12(14)9-16/h2-8,10H,1H3. The first kappa shape index (κ1) is 11.9. The smallest absolute Gasteiger partial charge is 0.153 e. The van der Waals surface area contributed by atoms with Gasteiger partial charge in [-0.15, -0.1) is 0 Å². The molecule has 0 aliphatic carbocycles. The summed E-state index contributed by atoms with van der Waals surface area (Å²) in [5.74, 6) is 0.908. The minimum absolute atomic E-state index is 0.440. The third-order valence-electron chi connectivity index (χ3n) is 2.52. The van der Waals surface area contributed by atoms with Crippen LogP contribution in [-0.2, 0) is 0 Å². The second-order valence-corrected chi connectivity index (χ2v) is 3.87. The van der Waals surface area contributed by atoms with Crippen LogP contribution in [-0.4, -0.2) is 6.29 Å². The molecule has 0 radical (unpaired) electrons. The number of carbonyl (C=O) groups is 1. The molecule has 0 amide bonds. The van der Waals surface area contributed by atoms with Crippen LogP contribution in [0.2, 0.25) is 0 Å². The van der Waals surface area contributed by atoms with Crippen molar-refractivity contribution in [3.8, 4) is 17.6 Å². The maximum Gasteiger partial charge on any atom is 0.153 e. The number of nitriles is 1. The van der Waals surface area contributed by atoms with Crippen LogP contribution in [0.3, 0.4) is 0 Å². The predicted octanol–water partition coefficient (Wildman–Crippen LogP) is 3.47. The van der Waals surface area contributed by atoms with Crippen molar-refractivity contribution in [1.29, 1.82) is 5.26 Å². The summed E-state index contributed by atoms with van der Waals surface area (Å²) < 4.78 is 5.62. The summed E-state index contributed by atoms with van der Waals surface area (Å²) in [5.41, 5.74) is 1.90. The maximum atomic E-state index is 11.0. The molecule has 0 saturated heterocycles.